The number of benzene rings is 5. The molecule has 0 saturated heterocycles. The molecule has 2 heterocycles. The third-order valence-electron chi connectivity index (χ3n) is 7.77. The van der Waals surface area contributed by atoms with E-state index in [4.69, 9.17) is 9.15 Å². The summed E-state index contributed by atoms with van der Waals surface area (Å²) < 4.78 is 41.8. The third-order valence-corrected chi connectivity index (χ3v) is 8.79. The van der Waals surface area contributed by atoms with Crippen molar-refractivity contribution in [2.45, 2.75) is 12.0 Å². The summed E-state index contributed by atoms with van der Waals surface area (Å²) in [6.07, 6.45) is 6.46. The second kappa shape index (κ2) is 12.2. The van der Waals surface area contributed by atoms with E-state index >= 15 is 0 Å². The molecule has 1 aromatic heterocycles. The molecule has 2 atom stereocenters. The largest absolute Gasteiger partial charge is 0.507 e. The van der Waals surface area contributed by atoms with E-state index in [1.165, 1.54) is 48.0 Å². The van der Waals surface area contributed by atoms with E-state index in [2.05, 4.69) is 56.1 Å². The highest BCUT2D eigenvalue weighted by atomic mass is 79.9. The van der Waals surface area contributed by atoms with Crippen LogP contribution in [0.4, 0.5) is 8.78 Å². The van der Waals surface area contributed by atoms with Crippen molar-refractivity contribution in [1.82, 2.24) is 0 Å². The molecule has 5 aromatic carbocycles. The molecule has 0 fully saturated rings. The maximum absolute atomic E-state index is 14.1. The minimum Gasteiger partial charge on any atom is -0.507 e. The fourth-order valence-electron chi connectivity index (χ4n) is 5.68. The van der Waals surface area contributed by atoms with Crippen LogP contribution in [0, 0.1) is 11.6 Å². The van der Waals surface area contributed by atoms with Crippen molar-refractivity contribution in [2.24, 2.45) is 0 Å². The second-order valence-corrected chi connectivity index (χ2v) is 12.3. The summed E-state index contributed by atoms with van der Waals surface area (Å²) in [5.74, 6) is -0.425. The molecule has 45 heavy (non-hydrogen) atoms. The predicted octanol–water partition coefficient (Wildman–Crippen LogP) is 10.4. The Balaban J connectivity index is 0.000000156. The zero-order valence-electron chi connectivity index (χ0n) is 23.3. The van der Waals surface area contributed by atoms with E-state index in [-0.39, 0.29) is 54.2 Å². The highest BCUT2D eigenvalue weighted by Crippen LogP contribution is 2.46. The van der Waals surface area contributed by atoms with Gasteiger partial charge < -0.3 is 19.4 Å². The number of para-hydroxylation sites is 1. The van der Waals surface area contributed by atoms with Crippen molar-refractivity contribution in [2.75, 3.05) is 0 Å². The number of phenolic OH excluding ortho intramolecular Hbond substituents is 2. The molecule has 0 spiro atoms. The van der Waals surface area contributed by atoms with Gasteiger partial charge in [0.15, 0.2) is 0 Å². The monoisotopic (exact) mass is 725 g/mol. The Kier molecular flexibility index (Phi) is 8.33. The third kappa shape index (κ3) is 5.66. The molecule has 2 N–H and O–H groups in total. The Morgan fingerprint density at radius 1 is 0.667 bits per heavy atom. The van der Waals surface area contributed by atoms with Crippen LogP contribution in [0.1, 0.15) is 11.5 Å². The quantitative estimate of drug-likeness (QED) is 0.174. The predicted molar refractivity (Wildman–Crippen MR) is 181 cm³/mol. The number of furan rings is 1. The molecule has 221 valence electrons. The molecule has 9 heteroatoms. The van der Waals surface area contributed by atoms with Gasteiger partial charge in [0.25, 0.3) is 0 Å². The summed E-state index contributed by atoms with van der Waals surface area (Å²) in [5, 5.41) is 22.4. The first kappa shape index (κ1) is 30.7. The van der Waals surface area contributed by atoms with Gasteiger partial charge in [-0.05, 0) is 54.6 Å². The van der Waals surface area contributed by atoms with Crippen molar-refractivity contribution in [1.29, 1.82) is 0 Å². The van der Waals surface area contributed by atoms with Gasteiger partial charge in [-0.1, -0.05) is 74.3 Å². The van der Waals surface area contributed by atoms with E-state index in [9.17, 15) is 19.0 Å². The van der Waals surface area contributed by atoms with Crippen LogP contribution in [0.2, 0.25) is 0 Å². The molecule has 1 aliphatic carbocycles. The molecule has 0 bridgehead atoms. The lowest BCUT2D eigenvalue weighted by Gasteiger charge is -2.15. The second-order valence-electron chi connectivity index (χ2n) is 10.5. The van der Waals surface area contributed by atoms with E-state index in [1.807, 2.05) is 30.3 Å². The average Bonchev–Trinajstić information content (AvgIpc) is 3.55. The lowest BCUT2D eigenvalue weighted by atomic mass is 9.91. The van der Waals surface area contributed by atoms with Crippen LogP contribution in [-0.2, 0) is 0 Å². The van der Waals surface area contributed by atoms with Crippen molar-refractivity contribution in [3.8, 4) is 39.5 Å². The Hall–Kier alpha value is -4.34. The van der Waals surface area contributed by atoms with Gasteiger partial charge in [0.2, 0.25) is 0 Å². The van der Waals surface area contributed by atoms with Crippen molar-refractivity contribution >= 4 is 62.2 Å². The molecule has 6 aromatic rings. The van der Waals surface area contributed by atoms with Gasteiger partial charge in [-0.25, -0.2) is 8.78 Å². The number of ether oxygens (including phenoxy) is 1. The number of hydrogen-bond donors (Lipinski definition) is 2. The van der Waals surface area contributed by atoms with Gasteiger partial charge in [-0.2, -0.15) is 0 Å². The van der Waals surface area contributed by atoms with E-state index in [0.717, 1.165) is 38.2 Å². The fourth-order valence-corrected chi connectivity index (χ4v) is 6.48. The number of aromatic hydroxyl groups is 2. The van der Waals surface area contributed by atoms with Gasteiger partial charge in [-0.15, -0.1) is 0 Å². The van der Waals surface area contributed by atoms with E-state index in [0.29, 0.717) is 4.47 Å². The average molecular weight is 727 g/mol. The highest BCUT2D eigenvalue weighted by molar-refractivity contribution is 9.12. The Morgan fingerprint density at radius 3 is 2.18 bits per heavy atom. The van der Waals surface area contributed by atoms with Gasteiger partial charge in [0, 0.05) is 74.0 Å². The lowest BCUT2D eigenvalue weighted by molar-refractivity contribution is 0.269. The maximum atomic E-state index is 14.1. The Morgan fingerprint density at radius 2 is 1.38 bits per heavy atom. The number of rotatable bonds is 2. The first-order chi connectivity index (χ1) is 21.3. The normalized spacial score (nSPS) is 16.2. The first-order valence-corrected chi connectivity index (χ1v) is 15.3. The van der Waals surface area contributed by atoms with Crippen LogP contribution in [0.25, 0.3) is 44.2 Å². The van der Waals surface area contributed by atoms with Gasteiger partial charge in [-0.3, -0.25) is 0 Å². The molecule has 1 aliphatic heterocycles. The summed E-state index contributed by atoms with van der Waals surface area (Å²) in [5.41, 5.74) is 3.71. The Labute approximate surface area is 276 Å². The summed E-state index contributed by atoms with van der Waals surface area (Å²) in [7, 11) is 0. The Bertz CT molecular complexity index is 2160. The number of fused-ring (bicyclic) bond motifs is 6. The summed E-state index contributed by atoms with van der Waals surface area (Å²) in [6, 6.07) is 25.1. The number of phenols is 2. The van der Waals surface area contributed by atoms with Crippen LogP contribution in [0.15, 0.2) is 123 Å². The molecule has 0 saturated carbocycles. The SMILES string of the molecule is BrC1=CC2c3cc4c(cc3OC2C=C1)oc1ccccc14.Oc1cc(O)c(-c2cc(Br)ccc2F)cc1-c1ccccc1F.[B]. The lowest BCUT2D eigenvalue weighted by Crippen LogP contribution is -2.16. The highest BCUT2D eigenvalue weighted by Gasteiger charge is 2.34. The topological polar surface area (TPSA) is 62.8 Å². The summed E-state index contributed by atoms with van der Waals surface area (Å²) >= 11 is 6.81. The number of halogens is 4. The summed E-state index contributed by atoms with van der Waals surface area (Å²) in [4.78, 5) is 0. The smallest absolute Gasteiger partial charge is 0.139 e. The van der Waals surface area contributed by atoms with E-state index in [1.54, 1.807) is 6.07 Å². The van der Waals surface area contributed by atoms with Crippen LogP contribution >= 0.6 is 31.9 Å². The van der Waals surface area contributed by atoms with Crippen molar-refractivity contribution < 1.29 is 28.1 Å². The zero-order valence-corrected chi connectivity index (χ0v) is 26.5. The molecular formula is C36H22BBr2F2O4. The van der Waals surface area contributed by atoms with Gasteiger partial charge in [0.05, 0.1) is 0 Å². The molecule has 2 aliphatic rings. The zero-order chi connectivity index (χ0) is 30.5. The summed E-state index contributed by atoms with van der Waals surface area (Å²) in [6.45, 7) is 0. The minimum atomic E-state index is -0.534. The van der Waals surface area contributed by atoms with E-state index < -0.39 is 11.6 Å². The van der Waals surface area contributed by atoms with Gasteiger partial charge in [0.1, 0.15) is 46.2 Å². The van der Waals surface area contributed by atoms with Gasteiger partial charge >= 0.3 is 0 Å². The van der Waals surface area contributed by atoms with Crippen LogP contribution in [0.3, 0.4) is 0 Å². The molecule has 4 nitrogen and oxygen atoms in total. The molecule has 3 radical (unpaired) electrons. The fraction of sp³-hybridized carbons (Fsp3) is 0.0556. The molecule has 2 unspecified atom stereocenters. The van der Waals surface area contributed by atoms with Crippen LogP contribution < -0.4 is 4.74 Å². The molecule has 0 amide bonds. The molecule has 8 rings (SSSR count). The standard InChI is InChI=1S/C18H11BrF2O2.C18H11BrO2.B/c19-10-5-6-16(21)12(7-10)14-8-13(17(22)9-18(14)23)11-3-1-2-4-15(11)20;19-10-5-6-16-12(7-10)14-8-13-11-3-1-2-4-15(11)20-17(13)9-18(14)21-16;/h1-9,22-23H;1-9,12,16H;. The van der Waals surface area contributed by atoms with Crippen molar-refractivity contribution in [3.05, 3.63) is 135 Å². The minimum absolute atomic E-state index is 0. The van der Waals surface area contributed by atoms with Crippen molar-refractivity contribution in [3.63, 3.8) is 0 Å². The van der Waals surface area contributed by atoms with Crippen LogP contribution in [0.5, 0.6) is 17.2 Å². The number of hydrogen-bond acceptors (Lipinski definition) is 4. The van der Waals surface area contributed by atoms with Crippen LogP contribution in [-0.4, -0.2) is 24.7 Å². The first-order valence-electron chi connectivity index (χ1n) is 13.7. The maximum Gasteiger partial charge on any atom is 0.139 e. The molecular weight excluding hydrogens is 705 g/mol. The number of allylic oxidation sites excluding steroid dienone is 2.